The van der Waals surface area contributed by atoms with Crippen LogP contribution in [-0.4, -0.2) is 16.8 Å². The van der Waals surface area contributed by atoms with Gasteiger partial charge in [0.2, 0.25) is 0 Å². The highest BCUT2D eigenvalue weighted by Crippen LogP contribution is 2.28. The van der Waals surface area contributed by atoms with Gasteiger partial charge in [0, 0.05) is 25.1 Å². The molecule has 0 radical (unpaired) electrons. The molecule has 0 atom stereocenters. The molecule has 0 unspecified atom stereocenters. The molecule has 0 aliphatic carbocycles. The van der Waals surface area contributed by atoms with E-state index in [1.807, 2.05) is 36.4 Å². The van der Waals surface area contributed by atoms with Gasteiger partial charge in [-0.15, -0.1) is 23.1 Å². The summed E-state index contributed by atoms with van der Waals surface area (Å²) in [5.41, 5.74) is 0.00660. The van der Waals surface area contributed by atoms with Crippen molar-refractivity contribution < 1.29 is 9.90 Å². The Morgan fingerprint density at radius 3 is 2.65 bits per heavy atom. The number of carboxylic acids is 1. The maximum atomic E-state index is 12.5. The van der Waals surface area contributed by atoms with Crippen molar-refractivity contribution in [1.82, 2.24) is 0 Å². The SMILES string of the molecule is O=C(O)CSc1ccc2sc3ccccc3c(=O)c2c1. The fourth-order valence-electron chi connectivity index (χ4n) is 2.02. The van der Waals surface area contributed by atoms with Crippen molar-refractivity contribution in [1.29, 1.82) is 0 Å². The van der Waals surface area contributed by atoms with E-state index >= 15 is 0 Å². The molecule has 0 bridgehead atoms. The number of fused-ring (bicyclic) bond motifs is 2. The van der Waals surface area contributed by atoms with Crippen LogP contribution in [0.2, 0.25) is 0 Å². The van der Waals surface area contributed by atoms with Crippen LogP contribution in [0.1, 0.15) is 0 Å². The molecule has 3 aromatic rings. The number of carbonyl (C=O) groups is 1. The molecule has 2 aromatic carbocycles. The fraction of sp³-hybridized carbons (Fsp3) is 0.0667. The molecule has 0 aliphatic rings. The number of rotatable bonds is 3. The topological polar surface area (TPSA) is 54.4 Å². The maximum Gasteiger partial charge on any atom is 0.313 e. The standard InChI is InChI=1S/C15H10O3S2/c16-14(17)8-19-9-5-6-13-11(7-9)15(18)10-3-1-2-4-12(10)20-13/h1-7H,8H2,(H,16,17). The third kappa shape index (κ3) is 2.42. The summed E-state index contributed by atoms with van der Waals surface area (Å²) in [6.45, 7) is 0. The number of hydrogen-bond acceptors (Lipinski definition) is 4. The summed E-state index contributed by atoms with van der Waals surface area (Å²) < 4.78 is 1.89. The number of aliphatic carboxylic acids is 1. The van der Waals surface area contributed by atoms with Crippen molar-refractivity contribution >= 4 is 49.2 Å². The van der Waals surface area contributed by atoms with Gasteiger partial charge in [-0.1, -0.05) is 12.1 Å². The van der Waals surface area contributed by atoms with Gasteiger partial charge < -0.3 is 5.11 Å². The molecule has 1 heterocycles. The van der Waals surface area contributed by atoms with Gasteiger partial charge in [-0.3, -0.25) is 9.59 Å². The molecule has 3 nitrogen and oxygen atoms in total. The lowest BCUT2D eigenvalue weighted by Crippen LogP contribution is -2.01. The van der Waals surface area contributed by atoms with Crippen LogP contribution >= 0.6 is 23.1 Å². The third-order valence-electron chi connectivity index (χ3n) is 2.91. The molecule has 1 aromatic heterocycles. The second-order valence-corrected chi connectivity index (χ2v) is 6.40. The van der Waals surface area contributed by atoms with E-state index in [0.29, 0.717) is 10.8 Å². The van der Waals surface area contributed by atoms with Crippen molar-refractivity contribution in [2.45, 2.75) is 4.90 Å². The van der Waals surface area contributed by atoms with Crippen LogP contribution in [0.25, 0.3) is 20.2 Å². The van der Waals surface area contributed by atoms with E-state index in [4.69, 9.17) is 5.11 Å². The summed E-state index contributed by atoms with van der Waals surface area (Å²) in [5, 5.41) is 10.1. The van der Waals surface area contributed by atoms with E-state index in [0.717, 1.165) is 14.3 Å². The summed E-state index contributed by atoms with van der Waals surface area (Å²) >= 11 is 2.80. The highest BCUT2D eigenvalue weighted by molar-refractivity contribution is 8.00. The van der Waals surface area contributed by atoms with Crippen molar-refractivity contribution in [3.63, 3.8) is 0 Å². The van der Waals surface area contributed by atoms with E-state index in [1.54, 1.807) is 17.4 Å². The average molecular weight is 302 g/mol. The molecule has 0 fully saturated rings. The van der Waals surface area contributed by atoms with Gasteiger partial charge in [0.25, 0.3) is 0 Å². The van der Waals surface area contributed by atoms with Gasteiger partial charge in [-0.05, 0) is 30.3 Å². The minimum absolute atomic E-state index is 0.00327. The first-order valence-electron chi connectivity index (χ1n) is 5.95. The van der Waals surface area contributed by atoms with Crippen LogP contribution in [-0.2, 0) is 4.79 Å². The molecule has 0 spiro atoms. The summed E-state index contributed by atoms with van der Waals surface area (Å²) in [7, 11) is 0. The Balaban J connectivity index is 2.18. The number of thioether (sulfide) groups is 1. The second-order valence-electron chi connectivity index (χ2n) is 4.27. The van der Waals surface area contributed by atoms with Gasteiger partial charge in [-0.25, -0.2) is 0 Å². The summed E-state index contributed by atoms with van der Waals surface area (Å²) in [5.74, 6) is -0.866. The van der Waals surface area contributed by atoms with E-state index in [2.05, 4.69) is 0 Å². The van der Waals surface area contributed by atoms with Crippen molar-refractivity contribution in [3.05, 3.63) is 52.7 Å². The van der Waals surface area contributed by atoms with Gasteiger partial charge in [0.05, 0.1) is 5.75 Å². The fourth-order valence-corrected chi connectivity index (χ4v) is 3.72. The van der Waals surface area contributed by atoms with Crippen LogP contribution in [0.4, 0.5) is 0 Å². The summed E-state index contributed by atoms with van der Waals surface area (Å²) in [6, 6.07) is 13.1. The zero-order valence-electron chi connectivity index (χ0n) is 10.3. The summed E-state index contributed by atoms with van der Waals surface area (Å²) in [6.07, 6.45) is 0. The van der Waals surface area contributed by atoms with E-state index in [-0.39, 0.29) is 11.2 Å². The average Bonchev–Trinajstić information content (AvgIpc) is 2.46. The smallest absolute Gasteiger partial charge is 0.313 e. The predicted molar refractivity (Wildman–Crippen MR) is 84.0 cm³/mol. The summed E-state index contributed by atoms with van der Waals surface area (Å²) in [4.78, 5) is 23.9. The Morgan fingerprint density at radius 1 is 1.10 bits per heavy atom. The lowest BCUT2D eigenvalue weighted by Gasteiger charge is -2.03. The molecule has 5 heteroatoms. The van der Waals surface area contributed by atoms with Crippen molar-refractivity contribution in [2.75, 3.05) is 5.75 Å². The second kappa shape index (κ2) is 5.26. The van der Waals surface area contributed by atoms with E-state index < -0.39 is 5.97 Å². The van der Waals surface area contributed by atoms with Gasteiger partial charge >= 0.3 is 5.97 Å². The van der Waals surface area contributed by atoms with Crippen molar-refractivity contribution in [2.24, 2.45) is 0 Å². The molecule has 20 heavy (non-hydrogen) atoms. The molecule has 1 N–H and O–H groups in total. The lowest BCUT2D eigenvalue weighted by molar-refractivity contribution is -0.133. The lowest BCUT2D eigenvalue weighted by atomic mass is 10.2. The van der Waals surface area contributed by atoms with Gasteiger partial charge in [0.1, 0.15) is 0 Å². The highest BCUT2D eigenvalue weighted by atomic mass is 32.2. The molecule has 0 amide bonds. The Labute approximate surface area is 122 Å². The third-order valence-corrected chi connectivity index (χ3v) is 5.04. The number of benzene rings is 2. The van der Waals surface area contributed by atoms with Crippen LogP contribution in [0.15, 0.2) is 52.2 Å². The van der Waals surface area contributed by atoms with Gasteiger partial charge in [-0.2, -0.15) is 0 Å². The molecular formula is C15H10O3S2. The van der Waals surface area contributed by atoms with E-state index in [9.17, 15) is 9.59 Å². The first-order valence-corrected chi connectivity index (χ1v) is 7.75. The molecule has 0 saturated carbocycles. The Bertz CT molecular complexity index is 868. The Morgan fingerprint density at radius 2 is 1.85 bits per heavy atom. The first-order chi connectivity index (χ1) is 9.65. The number of carboxylic acid groups (broad SMARTS) is 1. The Hall–Kier alpha value is -1.85. The Kier molecular flexibility index (Phi) is 3.46. The van der Waals surface area contributed by atoms with Crippen LogP contribution in [0.3, 0.4) is 0 Å². The molecule has 0 saturated heterocycles. The predicted octanol–water partition coefficient (Wildman–Crippen LogP) is 3.59. The van der Waals surface area contributed by atoms with Gasteiger partial charge in [0.15, 0.2) is 5.43 Å². The quantitative estimate of drug-likeness (QED) is 0.593. The first kappa shape index (κ1) is 13.1. The normalized spacial score (nSPS) is 11.0. The molecule has 100 valence electrons. The van der Waals surface area contributed by atoms with Crippen LogP contribution in [0.5, 0.6) is 0 Å². The molecule has 0 aliphatic heterocycles. The van der Waals surface area contributed by atoms with Crippen LogP contribution < -0.4 is 5.43 Å². The zero-order chi connectivity index (χ0) is 14.1. The monoisotopic (exact) mass is 302 g/mol. The maximum absolute atomic E-state index is 12.5. The minimum atomic E-state index is -0.862. The van der Waals surface area contributed by atoms with E-state index in [1.165, 1.54) is 11.8 Å². The molecular weight excluding hydrogens is 292 g/mol. The minimum Gasteiger partial charge on any atom is -0.481 e. The van der Waals surface area contributed by atoms with Crippen LogP contribution in [0, 0.1) is 0 Å². The largest absolute Gasteiger partial charge is 0.481 e. The molecule has 3 rings (SSSR count). The number of hydrogen-bond donors (Lipinski definition) is 1. The van der Waals surface area contributed by atoms with Crippen molar-refractivity contribution in [3.8, 4) is 0 Å². The zero-order valence-corrected chi connectivity index (χ0v) is 12.0. The highest BCUT2D eigenvalue weighted by Gasteiger charge is 2.07.